The zero-order valence-electron chi connectivity index (χ0n) is 11.6. The molecule has 0 aliphatic heterocycles. The third-order valence-corrected chi connectivity index (χ3v) is 4.08. The number of nitrogens with zero attached hydrogens (tertiary/aromatic N) is 3. The summed E-state index contributed by atoms with van der Waals surface area (Å²) in [6, 6.07) is 1.85. The summed E-state index contributed by atoms with van der Waals surface area (Å²) in [6.07, 6.45) is 5.09. The van der Waals surface area contributed by atoms with Crippen molar-refractivity contribution < 1.29 is 9.90 Å². The molecule has 0 saturated heterocycles. The van der Waals surface area contributed by atoms with Gasteiger partial charge in [-0.1, -0.05) is 13.8 Å². The number of imidazole rings is 1. The fourth-order valence-electron chi connectivity index (χ4n) is 2.42. The Morgan fingerprint density at radius 1 is 1.42 bits per heavy atom. The third kappa shape index (κ3) is 2.20. The van der Waals surface area contributed by atoms with E-state index in [0.29, 0.717) is 19.3 Å². The molecule has 0 aliphatic rings. The van der Waals surface area contributed by atoms with Crippen molar-refractivity contribution in [1.82, 2.24) is 14.5 Å². The maximum absolute atomic E-state index is 11.6. The average molecular weight is 261 g/mol. The molecule has 5 heteroatoms. The van der Waals surface area contributed by atoms with Crippen LogP contribution in [0.1, 0.15) is 32.5 Å². The van der Waals surface area contributed by atoms with Crippen LogP contribution in [0.15, 0.2) is 18.5 Å². The van der Waals surface area contributed by atoms with Crippen LogP contribution in [0, 0.1) is 5.41 Å². The first kappa shape index (κ1) is 13.5. The van der Waals surface area contributed by atoms with Gasteiger partial charge < -0.3 is 9.67 Å². The van der Waals surface area contributed by atoms with E-state index in [-0.39, 0.29) is 0 Å². The molecule has 0 radical (unpaired) electrons. The summed E-state index contributed by atoms with van der Waals surface area (Å²) < 4.78 is 1.94. The van der Waals surface area contributed by atoms with Crippen molar-refractivity contribution in [2.45, 2.75) is 33.1 Å². The van der Waals surface area contributed by atoms with Gasteiger partial charge in [0, 0.05) is 19.7 Å². The predicted molar refractivity (Wildman–Crippen MR) is 72.9 cm³/mol. The molecule has 0 spiro atoms. The fourth-order valence-corrected chi connectivity index (χ4v) is 2.42. The molecule has 1 N–H and O–H groups in total. The van der Waals surface area contributed by atoms with Crippen LogP contribution in [-0.4, -0.2) is 25.6 Å². The lowest BCUT2D eigenvalue weighted by molar-refractivity contribution is -0.149. The summed E-state index contributed by atoms with van der Waals surface area (Å²) >= 11 is 0. The molecule has 5 nitrogen and oxygen atoms in total. The van der Waals surface area contributed by atoms with Crippen molar-refractivity contribution in [3.63, 3.8) is 0 Å². The normalized spacial score (nSPS) is 11.9. The number of carboxylic acid groups (broad SMARTS) is 1. The van der Waals surface area contributed by atoms with Crippen LogP contribution in [0.2, 0.25) is 0 Å². The lowest BCUT2D eigenvalue weighted by Crippen LogP contribution is -2.33. The SMILES string of the molecule is CCC(CC)(Cc1nc2ccncc2n1C)C(=O)O. The van der Waals surface area contributed by atoms with Gasteiger partial charge in [0.05, 0.1) is 22.6 Å². The zero-order chi connectivity index (χ0) is 14.0. The van der Waals surface area contributed by atoms with E-state index >= 15 is 0 Å². The number of aliphatic carboxylic acids is 1. The summed E-state index contributed by atoms with van der Waals surface area (Å²) in [6.45, 7) is 3.84. The third-order valence-electron chi connectivity index (χ3n) is 4.08. The number of aromatic nitrogens is 3. The molecule has 2 heterocycles. The maximum Gasteiger partial charge on any atom is 0.310 e. The average Bonchev–Trinajstić information content (AvgIpc) is 2.73. The molecule has 0 atom stereocenters. The molecule has 0 fully saturated rings. The van der Waals surface area contributed by atoms with E-state index in [0.717, 1.165) is 16.9 Å². The van der Waals surface area contributed by atoms with E-state index < -0.39 is 11.4 Å². The molecule has 2 rings (SSSR count). The van der Waals surface area contributed by atoms with Gasteiger partial charge in [-0.2, -0.15) is 0 Å². The molecule has 0 saturated carbocycles. The second-order valence-corrected chi connectivity index (χ2v) is 4.92. The van der Waals surface area contributed by atoms with Crippen molar-refractivity contribution in [2.24, 2.45) is 12.5 Å². The highest BCUT2D eigenvalue weighted by Crippen LogP contribution is 2.31. The molecule has 0 aliphatic carbocycles. The van der Waals surface area contributed by atoms with Gasteiger partial charge in [0.1, 0.15) is 5.82 Å². The van der Waals surface area contributed by atoms with Gasteiger partial charge >= 0.3 is 5.97 Å². The summed E-state index contributed by atoms with van der Waals surface area (Å²) in [5, 5.41) is 9.50. The van der Waals surface area contributed by atoms with Gasteiger partial charge in [0.2, 0.25) is 0 Å². The Hall–Kier alpha value is -1.91. The van der Waals surface area contributed by atoms with Gasteiger partial charge in [0.15, 0.2) is 0 Å². The number of aryl methyl sites for hydroxylation is 1. The zero-order valence-corrected chi connectivity index (χ0v) is 11.6. The Bertz CT molecular complexity index is 600. The molecule has 0 bridgehead atoms. The predicted octanol–water partition coefficient (Wildman–Crippen LogP) is 2.40. The van der Waals surface area contributed by atoms with Crippen LogP contribution in [0.25, 0.3) is 11.0 Å². The number of rotatable bonds is 5. The van der Waals surface area contributed by atoms with Gasteiger partial charge in [-0.3, -0.25) is 9.78 Å². The van der Waals surface area contributed by atoms with Crippen LogP contribution >= 0.6 is 0 Å². The number of fused-ring (bicyclic) bond motifs is 1. The highest BCUT2D eigenvalue weighted by atomic mass is 16.4. The van der Waals surface area contributed by atoms with Gasteiger partial charge in [-0.25, -0.2) is 4.98 Å². The van der Waals surface area contributed by atoms with E-state index in [1.54, 1.807) is 12.4 Å². The van der Waals surface area contributed by atoms with E-state index in [9.17, 15) is 9.90 Å². The summed E-state index contributed by atoms with van der Waals surface area (Å²) in [4.78, 5) is 20.2. The van der Waals surface area contributed by atoms with E-state index in [4.69, 9.17) is 0 Å². The molecule has 102 valence electrons. The quantitative estimate of drug-likeness (QED) is 0.897. The fraction of sp³-hybridized carbons (Fsp3) is 0.500. The lowest BCUT2D eigenvalue weighted by Gasteiger charge is -2.26. The van der Waals surface area contributed by atoms with Gasteiger partial charge in [-0.05, 0) is 18.9 Å². The second kappa shape index (κ2) is 4.99. The smallest absolute Gasteiger partial charge is 0.310 e. The standard InChI is InChI=1S/C14H19N3O2/c1-4-14(5-2,13(18)19)8-12-16-10-6-7-15-9-11(10)17(12)3/h6-7,9H,4-5,8H2,1-3H3,(H,18,19). The minimum absolute atomic E-state index is 0.445. The molecule has 0 amide bonds. The van der Waals surface area contributed by atoms with Gasteiger partial charge in [0.25, 0.3) is 0 Å². The Labute approximate surface area is 112 Å². The first-order valence-electron chi connectivity index (χ1n) is 6.52. The topological polar surface area (TPSA) is 68.0 Å². The van der Waals surface area contributed by atoms with Crippen molar-refractivity contribution in [3.8, 4) is 0 Å². The second-order valence-electron chi connectivity index (χ2n) is 4.92. The minimum atomic E-state index is -0.748. The van der Waals surface area contributed by atoms with Crippen LogP contribution in [-0.2, 0) is 18.3 Å². The van der Waals surface area contributed by atoms with Crippen molar-refractivity contribution in [3.05, 3.63) is 24.3 Å². The highest BCUT2D eigenvalue weighted by molar-refractivity contribution is 5.76. The molecule has 0 unspecified atom stereocenters. The van der Waals surface area contributed by atoms with E-state index in [1.165, 1.54) is 0 Å². The van der Waals surface area contributed by atoms with E-state index in [1.807, 2.05) is 31.5 Å². The summed E-state index contributed by atoms with van der Waals surface area (Å²) in [7, 11) is 1.91. The van der Waals surface area contributed by atoms with Crippen molar-refractivity contribution in [2.75, 3.05) is 0 Å². The van der Waals surface area contributed by atoms with Gasteiger partial charge in [-0.15, -0.1) is 0 Å². The minimum Gasteiger partial charge on any atom is -0.481 e. The first-order valence-corrected chi connectivity index (χ1v) is 6.52. The number of hydrogen-bond acceptors (Lipinski definition) is 3. The monoisotopic (exact) mass is 261 g/mol. The van der Waals surface area contributed by atoms with Crippen LogP contribution in [0.4, 0.5) is 0 Å². The number of pyridine rings is 1. The van der Waals surface area contributed by atoms with Crippen LogP contribution < -0.4 is 0 Å². The number of hydrogen-bond donors (Lipinski definition) is 1. The van der Waals surface area contributed by atoms with Crippen molar-refractivity contribution >= 4 is 17.0 Å². The Morgan fingerprint density at radius 2 is 2.11 bits per heavy atom. The van der Waals surface area contributed by atoms with Crippen molar-refractivity contribution in [1.29, 1.82) is 0 Å². The number of carboxylic acids is 1. The Balaban J connectivity index is 2.45. The summed E-state index contributed by atoms with van der Waals surface area (Å²) in [5.41, 5.74) is 1.06. The molecule has 19 heavy (non-hydrogen) atoms. The largest absolute Gasteiger partial charge is 0.481 e. The Morgan fingerprint density at radius 3 is 2.63 bits per heavy atom. The highest BCUT2D eigenvalue weighted by Gasteiger charge is 2.36. The molecule has 2 aromatic heterocycles. The maximum atomic E-state index is 11.6. The molecule has 0 aromatic carbocycles. The van der Waals surface area contributed by atoms with E-state index in [2.05, 4.69) is 9.97 Å². The molecular weight excluding hydrogens is 242 g/mol. The molecule has 2 aromatic rings. The molecular formula is C14H19N3O2. The lowest BCUT2D eigenvalue weighted by atomic mass is 9.79. The first-order chi connectivity index (χ1) is 9.04. The van der Waals surface area contributed by atoms with Crippen LogP contribution in [0.5, 0.6) is 0 Å². The van der Waals surface area contributed by atoms with Crippen LogP contribution in [0.3, 0.4) is 0 Å². The number of carbonyl (C=O) groups is 1. The Kier molecular flexibility index (Phi) is 3.55. The summed E-state index contributed by atoms with van der Waals surface area (Å²) in [5.74, 6) is 0.0526.